The molecule has 1 aromatic rings. The highest BCUT2D eigenvalue weighted by Gasteiger charge is 2.44. The predicted molar refractivity (Wildman–Crippen MR) is 101 cm³/mol. The third-order valence-electron chi connectivity index (χ3n) is 5.40. The molecule has 1 heterocycles. The van der Waals surface area contributed by atoms with Crippen LogP contribution in [-0.2, 0) is 0 Å². The minimum absolute atomic E-state index is 0.179. The zero-order valence-electron chi connectivity index (χ0n) is 16.1. The summed E-state index contributed by atoms with van der Waals surface area (Å²) in [6.07, 6.45) is 4.93. The molecule has 0 saturated carbocycles. The summed E-state index contributed by atoms with van der Waals surface area (Å²) in [6, 6.07) is 5.38. The van der Waals surface area contributed by atoms with Crippen molar-refractivity contribution in [1.29, 1.82) is 0 Å². The van der Waals surface area contributed by atoms with Gasteiger partial charge in [-0.1, -0.05) is 52.4 Å². The van der Waals surface area contributed by atoms with Crippen molar-refractivity contribution < 1.29 is 9.59 Å². The topological polar surface area (TPSA) is 37.4 Å². The Hall–Kier alpha value is -2.08. The molecule has 134 valence electrons. The number of amides is 2. The number of unbranched alkanes of at least 4 members (excludes halogenated alkanes) is 1. The number of carbonyl (C=O) groups is 2. The maximum atomic E-state index is 12.9. The van der Waals surface area contributed by atoms with Gasteiger partial charge in [0.05, 0.1) is 11.1 Å². The van der Waals surface area contributed by atoms with Gasteiger partial charge in [-0.15, -0.1) is 0 Å². The van der Waals surface area contributed by atoms with Crippen molar-refractivity contribution in [3.8, 4) is 11.8 Å². The number of hydrogen-bond donors (Lipinski definition) is 0. The summed E-state index contributed by atoms with van der Waals surface area (Å²) >= 11 is 0. The number of nitrogens with zero attached hydrogens (tertiary/aromatic N) is 1. The van der Waals surface area contributed by atoms with Gasteiger partial charge in [-0.25, -0.2) is 0 Å². The average molecular weight is 339 g/mol. The summed E-state index contributed by atoms with van der Waals surface area (Å²) in [6.45, 7) is 10.3. The molecule has 0 spiro atoms. The van der Waals surface area contributed by atoms with E-state index in [-0.39, 0.29) is 11.8 Å². The van der Waals surface area contributed by atoms with Crippen LogP contribution in [0, 0.1) is 17.8 Å². The first-order valence-corrected chi connectivity index (χ1v) is 9.42. The molecule has 0 radical (unpaired) electrons. The first-order chi connectivity index (χ1) is 11.9. The SMILES string of the molecule is CCCCC(C)C#Cc1ccc2c(c1)C(=O)N(C(C)(CC)CC)C2=O. The lowest BCUT2D eigenvalue weighted by molar-refractivity contribution is 0.0435. The molecule has 1 unspecified atom stereocenters. The minimum atomic E-state index is -0.437. The molecular weight excluding hydrogens is 310 g/mol. The van der Waals surface area contributed by atoms with E-state index < -0.39 is 5.54 Å². The fourth-order valence-corrected chi connectivity index (χ4v) is 3.16. The van der Waals surface area contributed by atoms with Gasteiger partial charge in [0, 0.05) is 17.0 Å². The number of benzene rings is 1. The van der Waals surface area contributed by atoms with Crippen LogP contribution < -0.4 is 0 Å². The van der Waals surface area contributed by atoms with E-state index >= 15 is 0 Å². The van der Waals surface area contributed by atoms with E-state index in [4.69, 9.17) is 0 Å². The molecule has 0 fully saturated rings. The lowest BCUT2D eigenvalue weighted by Crippen LogP contribution is -2.48. The van der Waals surface area contributed by atoms with Crippen molar-refractivity contribution in [1.82, 2.24) is 4.90 Å². The van der Waals surface area contributed by atoms with Crippen molar-refractivity contribution in [3.05, 3.63) is 34.9 Å². The number of hydrogen-bond acceptors (Lipinski definition) is 2. The fourth-order valence-electron chi connectivity index (χ4n) is 3.16. The molecule has 0 N–H and O–H groups in total. The molecule has 3 heteroatoms. The van der Waals surface area contributed by atoms with Crippen LogP contribution in [0.15, 0.2) is 18.2 Å². The van der Waals surface area contributed by atoms with Crippen molar-refractivity contribution in [2.24, 2.45) is 5.92 Å². The maximum absolute atomic E-state index is 12.9. The van der Waals surface area contributed by atoms with Crippen molar-refractivity contribution in [3.63, 3.8) is 0 Å². The van der Waals surface area contributed by atoms with Gasteiger partial charge < -0.3 is 0 Å². The Balaban J connectivity index is 2.29. The fraction of sp³-hybridized carbons (Fsp3) is 0.545. The van der Waals surface area contributed by atoms with E-state index in [2.05, 4.69) is 25.7 Å². The highest BCUT2D eigenvalue weighted by atomic mass is 16.2. The van der Waals surface area contributed by atoms with Crippen LogP contribution >= 0.6 is 0 Å². The van der Waals surface area contributed by atoms with Crippen molar-refractivity contribution in [2.45, 2.75) is 72.3 Å². The number of imide groups is 1. The Morgan fingerprint density at radius 2 is 1.72 bits per heavy atom. The van der Waals surface area contributed by atoms with Gasteiger partial charge in [0.25, 0.3) is 11.8 Å². The summed E-state index contributed by atoms with van der Waals surface area (Å²) in [5, 5.41) is 0. The lowest BCUT2D eigenvalue weighted by Gasteiger charge is -2.35. The van der Waals surface area contributed by atoms with E-state index in [1.807, 2.05) is 26.8 Å². The zero-order chi connectivity index (χ0) is 18.6. The second kappa shape index (κ2) is 7.87. The highest BCUT2D eigenvalue weighted by Crippen LogP contribution is 2.33. The minimum Gasteiger partial charge on any atom is -0.269 e. The van der Waals surface area contributed by atoms with Crippen LogP contribution in [-0.4, -0.2) is 22.3 Å². The Morgan fingerprint density at radius 3 is 2.32 bits per heavy atom. The molecule has 1 aliphatic rings. The van der Waals surface area contributed by atoms with Gasteiger partial charge in [0.15, 0.2) is 0 Å². The second-order valence-electron chi connectivity index (χ2n) is 7.22. The highest BCUT2D eigenvalue weighted by molar-refractivity contribution is 6.22. The van der Waals surface area contributed by atoms with Gasteiger partial charge in [0.1, 0.15) is 0 Å². The zero-order valence-corrected chi connectivity index (χ0v) is 16.1. The molecule has 0 aromatic heterocycles. The largest absolute Gasteiger partial charge is 0.269 e. The van der Waals surface area contributed by atoms with Crippen molar-refractivity contribution >= 4 is 11.8 Å². The summed E-state index contributed by atoms with van der Waals surface area (Å²) < 4.78 is 0. The Kier molecular flexibility index (Phi) is 6.06. The van der Waals surface area contributed by atoms with Crippen LogP contribution in [0.2, 0.25) is 0 Å². The third-order valence-corrected chi connectivity index (χ3v) is 5.40. The molecule has 25 heavy (non-hydrogen) atoms. The van der Waals surface area contributed by atoms with Crippen molar-refractivity contribution in [2.75, 3.05) is 0 Å². The quantitative estimate of drug-likeness (QED) is 0.538. The van der Waals surface area contributed by atoms with E-state index in [1.54, 1.807) is 12.1 Å². The summed E-state index contributed by atoms with van der Waals surface area (Å²) in [4.78, 5) is 27.0. The average Bonchev–Trinajstić information content (AvgIpc) is 2.88. The molecule has 2 amide bonds. The van der Waals surface area contributed by atoms with Gasteiger partial charge in [0.2, 0.25) is 0 Å². The van der Waals surface area contributed by atoms with Gasteiger partial charge in [-0.3, -0.25) is 14.5 Å². The number of rotatable bonds is 6. The van der Waals surface area contributed by atoms with Gasteiger partial charge in [-0.2, -0.15) is 0 Å². The molecule has 3 nitrogen and oxygen atoms in total. The Bertz CT molecular complexity index is 719. The number of carbonyl (C=O) groups excluding carboxylic acids is 2. The monoisotopic (exact) mass is 339 g/mol. The van der Waals surface area contributed by atoms with Crippen LogP contribution in [0.25, 0.3) is 0 Å². The van der Waals surface area contributed by atoms with Crippen LogP contribution in [0.5, 0.6) is 0 Å². The predicted octanol–water partition coefficient (Wildman–Crippen LogP) is 5.04. The first kappa shape index (κ1) is 19.2. The molecule has 2 rings (SSSR count). The standard InChI is InChI=1S/C22H29NO2/c1-6-9-10-16(4)11-12-17-13-14-18-19(15-17)21(25)23(20(18)24)22(5,7-2)8-3/h13-16H,6-10H2,1-5H3. The summed E-state index contributed by atoms with van der Waals surface area (Å²) in [7, 11) is 0. The molecular formula is C22H29NO2. The van der Waals surface area contributed by atoms with Gasteiger partial charge in [-0.05, 0) is 44.4 Å². The lowest BCUT2D eigenvalue weighted by atomic mass is 9.93. The number of fused-ring (bicyclic) bond motifs is 1. The smallest absolute Gasteiger partial charge is 0.262 e. The molecule has 0 aliphatic carbocycles. The Morgan fingerprint density at radius 1 is 1.08 bits per heavy atom. The maximum Gasteiger partial charge on any atom is 0.262 e. The van der Waals surface area contributed by atoms with E-state index in [9.17, 15) is 9.59 Å². The molecule has 1 aliphatic heterocycles. The second-order valence-corrected chi connectivity index (χ2v) is 7.22. The molecule has 0 saturated heterocycles. The first-order valence-electron chi connectivity index (χ1n) is 9.42. The molecule has 1 atom stereocenters. The van der Waals surface area contributed by atoms with E-state index in [1.165, 1.54) is 17.7 Å². The summed E-state index contributed by atoms with van der Waals surface area (Å²) in [5.74, 6) is 6.40. The third kappa shape index (κ3) is 3.79. The van der Waals surface area contributed by atoms with E-state index in [0.29, 0.717) is 17.0 Å². The van der Waals surface area contributed by atoms with E-state index in [0.717, 1.165) is 24.8 Å². The molecule has 0 bridgehead atoms. The Labute approximate surface area is 151 Å². The van der Waals surface area contributed by atoms with Crippen LogP contribution in [0.1, 0.15) is 93.0 Å². The molecule has 1 aromatic carbocycles. The van der Waals surface area contributed by atoms with Gasteiger partial charge >= 0.3 is 0 Å². The van der Waals surface area contributed by atoms with Crippen LogP contribution in [0.4, 0.5) is 0 Å². The normalized spacial score (nSPS) is 15.0. The summed E-state index contributed by atoms with van der Waals surface area (Å²) in [5.41, 5.74) is 1.36. The van der Waals surface area contributed by atoms with Crippen LogP contribution in [0.3, 0.4) is 0 Å².